The van der Waals surface area contributed by atoms with Gasteiger partial charge in [0.2, 0.25) is 38.6 Å². The number of nitrogens with two attached hydrogens (primary N) is 2. The van der Waals surface area contributed by atoms with Gasteiger partial charge in [-0.3, -0.25) is 8.37 Å². The normalized spacial score (nSPS) is 12.1. The summed E-state index contributed by atoms with van der Waals surface area (Å²) in [5, 5.41) is 23.2. The standard InChI is InChI=1S/C37H36N12O21S7.CH4.5Na/c38-32-29(20-31(75(60,61)62)33(39)34(32)49-46-22-6-11-26(12-7-22)72(52,53)17-15-70-77(66,67)68)48-47-28-19-24(8-13-30(28)74(57,58)59)42-37-44-35(43-36(45-37)41-23-2-1-3-27(18-23)73(54,55)56)40-21-4-9-25(10-5-21)71(50,51)16-14-69-76(63,64)65;;;;;;/h1-13,18-20H,14-17,38-39H2,(H,54,55,56)(H,57,58,59)(H,60,61,62)(H,63,64,65)(H,66,67,68)(H3,40,41,42,43,44,45);1H4;;;;;/q;;5*+1/p-5. The second-order valence-corrected chi connectivity index (χ2v) is 25.2. The Balaban J connectivity index is 0.0000112. The molecule has 83 heavy (non-hydrogen) atoms. The zero-order valence-corrected chi connectivity index (χ0v) is 58.5. The minimum absolute atomic E-state index is 0. The first-order chi connectivity index (χ1) is 35.6. The van der Waals surface area contributed by atoms with Crippen molar-refractivity contribution in [1.82, 2.24) is 15.0 Å². The van der Waals surface area contributed by atoms with Gasteiger partial charge in [0.1, 0.15) is 47.4 Å². The first-order valence-electron chi connectivity index (χ1n) is 20.2. The molecule has 0 spiro atoms. The van der Waals surface area contributed by atoms with E-state index in [1.165, 1.54) is 24.3 Å². The predicted molar refractivity (Wildman–Crippen MR) is 265 cm³/mol. The molecule has 5 aromatic carbocycles. The molecule has 1 aromatic heterocycles. The van der Waals surface area contributed by atoms with Crippen molar-refractivity contribution in [2.75, 3.05) is 52.1 Å². The number of hydrogen-bond acceptors (Lipinski definition) is 33. The van der Waals surface area contributed by atoms with E-state index in [0.717, 1.165) is 66.7 Å². The molecule has 1 heterocycles. The molecule has 45 heteroatoms. The van der Waals surface area contributed by atoms with Crippen LogP contribution in [0.15, 0.2) is 142 Å². The smallest absolute Gasteiger partial charge is 0.744 e. The van der Waals surface area contributed by atoms with Crippen LogP contribution in [0.3, 0.4) is 0 Å². The molecule has 0 fully saturated rings. The van der Waals surface area contributed by atoms with Crippen molar-refractivity contribution in [2.24, 2.45) is 20.5 Å². The van der Waals surface area contributed by atoms with Crippen LogP contribution in [0.4, 0.5) is 69.0 Å². The summed E-state index contributed by atoms with van der Waals surface area (Å²) in [4.78, 5) is 8.99. The number of nitrogens with one attached hydrogen (secondary N) is 3. The average molecular weight is 1340 g/mol. The first-order valence-corrected chi connectivity index (χ1v) is 30.4. The van der Waals surface area contributed by atoms with Crippen LogP contribution in [0.1, 0.15) is 7.43 Å². The molecule has 0 saturated carbocycles. The van der Waals surface area contributed by atoms with Gasteiger partial charge in [-0.15, -0.1) is 15.3 Å². The van der Waals surface area contributed by atoms with Gasteiger partial charge in [-0.05, 0) is 91.0 Å². The molecular weight excluding hydrogens is 1300 g/mol. The molecule has 420 valence electrons. The van der Waals surface area contributed by atoms with E-state index >= 15 is 0 Å². The van der Waals surface area contributed by atoms with Crippen LogP contribution in [-0.2, 0) is 79.2 Å². The van der Waals surface area contributed by atoms with Crippen molar-refractivity contribution in [2.45, 2.75) is 31.9 Å². The summed E-state index contributed by atoms with van der Waals surface area (Å²) in [5.41, 5.74) is 8.15. The van der Waals surface area contributed by atoms with Gasteiger partial charge in [0, 0.05) is 17.1 Å². The number of nitrogens with zero attached hydrogens (tertiary/aromatic N) is 7. The van der Waals surface area contributed by atoms with Crippen molar-refractivity contribution < 1.29 is 238 Å². The van der Waals surface area contributed by atoms with Gasteiger partial charge >= 0.3 is 148 Å². The van der Waals surface area contributed by atoms with Crippen molar-refractivity contribution in [3.05, 3.63) is 97.1 Å². The summed E-state index contributed by atoms with van der Waals surface area (Å²) >= 11 is 0. The molecule has 0 aliphatic carbocycles. The minimum Gasteiger partial charge on any atom is -0.744 e. The molecule has 0 amide bonds. The van der Waals surface area contributed by atoms with Crippen LogP contribution in [0, 0.1) is 0 Å². The van der Waals surface area contributed by atoms with Crippen molar-refractivity contribution in [1.29, 1.82) is 0 Å². The number of hydrogen-bond donors (Lipinski definition) is 5. The fourth-order valence-electron chi connectivity index (χ4n) is 6.01. The maximum atomic E-state index is 12.7. The molecule has 7 N–H and O–H groups in total. The summed E-state index contributed by atoms with van der Waals surface area (Å²) in [6, 6.07) is 16.4. The number of benzene rings is 5. The largest absolute Gasteiger partial charge is 1.00 e. The Morgan fingerprint density at radius 1 is 0.434 bits per heavy atom. The van der Waals surface area contributed by atoms with E-state index in [1.54, 1.807) is 0 Å². The van der Waals surface area contributed by atoms with Crippen molar-refractivity contribution >= 4 is 140 Å². The van der Waals surface area contributed by atoms with Gasteiger partial charge in [-0.2, -0.15) is 20.1 Å². The zero-order chi connectivity index (χ0) is 56.9. The first kappa shape index (κ1) is 80.7. The fourth-order valence-corrected chi connectivity index (χ4v) is 10.7. The fraction of sp³-hybridized carbons (Fsp3) is 0.132. The quantitative estimate of drug-likeness (QED) is 0.0131. The van der Waals surface area contributed by atoms with Crippen LogP contribution in [-0.4, -0.2) is 121 Å². The van der Waals surface area contributed by atoms with Crippen LogP contribution in [0.25, 0.3) is 0 Å². The third-order valence-electron chi connectivity index (χ3n) is 9.44. The van der Waals surface area contributed by atoms with Gasteiger partial charge in [-0.25, -0.2) is 58.9 Å². The number of azo groups is 2. The molecule has 0 aliphatic heterocycles. The molecule has 0 saturated heterocycles. The van der Waals surface area contributed by atoms with Crippen LogP contribution in [0.2, 0.25) is 0 Å². The second-order valence-electron chi connectivity index (χ2n) is 14.8. The molecule has 0 bridgehead atoms. The van der Waals surface area contributed by atoms with Gasteiger partial charge in [0.05, 0.1) is 66.3 Å². The van der Waals surface area contributed by atoms with E-state index in [-0.39, 0.29) is 200 Å². The van der Waals surface area contributed by atoms with Crippen molar-refractivity contribution in [3.8, 4) is 0 Å². The van der Waals surface area contributed by atoms with Gasteiger partial charge in [-0.1, -0.05) is 13.5 Å². The Kier molecular flexibility index (Phi) is 31.9. The molecule has 0 atom stereocenters. The molecule has 6 rings (SSSR count). The van der Waals surface area contributed by atoms with Gasteiger partial charge < -0.3 is 50.2 Å². The molecule has 6 aromatic rings. The van der Waals surface area contributed by atoms with E-state index < -0.39 is 145 Å². The van der Waals surface area contributed by atoms with Gasteiger partial charge in [0.15, 0.2) is 19.7 Å². The Bertz CT molecular complexity index is 4190. The number of rotatable bonds is 23. The predicted octanol–water partition coefficient (Wildman–Crippen LogP) is -12.0. The molecule has 33 nitrogen and oxygen atoms in total. The number of aromatic nitrogens is 3. The third-order valence-corrected chi connectivity index (χ3v) is 16.3. The van der Waals surface area contributed by atoms with Gasteiger partial charge in [0.25, 0.3) is 0 Å². The zero-order valence-electron chi connectivity index (χ0n) is 42.8. The molecular formula is C38H35N12Na5O21S7. The number of sulfone groups is 2. The molecule has 0 unspecified atom stereocenters. The Morgan fingerprint density at radius 2 is 0.855 bits per heavy atom. The van der Waals surface area contributed by atoms with E-state index in [9.17, 15) is 81.7 Å². The number of anilines is 8. The Hall–Kier alpha value is -2.32. The second kappa shape index (κ2) is 32.8. The van der Waals surface area contributed by atoms with Crippen molar-refractivity contribution in [3.63, 3.8) is 0 Å². The SMILES string of the molecule is C.Nc1c(N=Nc2cc(Nc3nc(Nc4ccc(S(=O)(=O)CCOS(=O)(=O)[O-])cc4)nc(Nc4cccc(S(=O)(=O)[O-])c4)n3)ccc2S(=O)(=O)[O-])cc(S(=O)(=O)[O-])c(N)c1N=Nc1ccc(S(=O)(=O)CCOS(=O)(=O)[O-])cc1.[Na+].[Na+].[Na+].[Na+].[Na+]. The maximum absolute atomic E-state index is 12.7. The summed E-state index contributed by atoms with van der Waals surface area (Å²) in [5.74, 6) is -2.95. The molecule has 0 aliphatic rings. The Labute approximate surface area is 586 Å². The van der Waals surface area contributed by atoms with Crippen LogP contribution < -0.4 is 175 Å². The average Bonchev–Trinajstić information content (AvgIpc) is 3.29. The topological polar surface area (TPSA) is 549 Å². The molecule has 0 radical (unpaired) electrons. The monoisotopic (exact) mass is 1330 g/mol. The van der Waals surface area contributed by atoms with Crippen LogP contribution >= 0.6 is 0 Å². The van der Waals surface area contributed by atoms with E-state index in [1.807, 2.05) is 0 Å². The van der Waals surface area contributed by atoms with E-state index in [2.05, 4.69) is 59.7 Å². The summed E-state index contributed by atoms with van der Waals surface area (Å²) < 4.78 is 232. The summed E-state index contributed by atoms with van der Waals surface area (Å²) in [6.45, 7) is -1.96. The summed E-state index contributed by atoms with van der Waals surface area (Å²) in [7, 11) is -34.6. The minimum atomic E-state index is -5.49. The van der Waals surface area contributed by atoms with Crippen LogP contribution in [0.5, 0.6) is 0 Å². The Morgan fingerprint density at radius 3 is 1.30 bits per heavy atom. The third kappa shape index (κ3) is 24.3. The summed E-state index contributed by atoms with van der Waals surface area (Å²) in [6.07, 6.45) is 0. The maximum Gasteiger partial charge on any atom is 1.00 e. The van der Waals surface area contributed by atoms with E-state index in [0.29, 0.717) is 6.07 Å². The number of nitrogen functional groups attached to an aromatic ring is 2. The van der Waals surface area contributed by atoms with E-state index in [4.69, 9.17) is 11.5 Å².